The number of alkyl halides is 1. The standard InChI is InChI=1S/C53H84ClN11O15/c1-12-16-34-53(79)80-32(10)45(64-47(73)35(57-25-66)19-26(2)3)39(68)23-41(70)58-30(8)52(78)65(11)38(20-27(4)5)49(75)62-43(28(6)29(7)54)50(76)61-37(22-40(55)69)48(74)63-44(31(9)67)51(77)60-36(21-33-17-14-13-15-18-33)46(72)56-24-42(71)59-34/h13-15,17-18,25-32,34-39,43-45,67-68H,12,16,19-24H2,1-11H3,(H2,55,69)(H,56,72)(H,57,66)(H,58,70)(H,59,71)(H,60,77)(H,61,76)(H,62,75)(H,63,74)(H,64,73)/t28?,29?,30-,31-,32?,34-,35-,36+,37-,38-,39?,43?,44-,45?/m1/s1. The number of ether oxygens (including phenoxy) is 1. The van der Waals surface area contributed by atoms with Crippen LogP contribution in [0.2, 0.25) is 0 Å². The number of primary amides is 1. The van der Waals surface area contributed by atoms with Crippen LogP contribution >= 0.6 is 11.6 Å². The molecule has 1 fully saturated rings. The highest BCUT2D eigenvalue weighted by Gasteiger charge is 2.40. The van der Waals surface area contributed by atoms with Gasteiger partial charge in [0.25, 0.3) is 0 Å². The van der Waals surface area contributed by atoms with Crippen molar-refractivity contribution < 1.29 is 72.5 Å². The van der Waals surface area contributed by atoms with Crippen molar-refractivity contribution in [2.24, 2.45) is 23.5 Å². The van der Waals surface area contributed by atoms with Gasteiger partial charge in [-0.25, -0.2) is 4.79 Å². The summed E-state index contributed by atoms with van der Waals surface area (Å²) in [6.45, 7) is 14.8. The number of halogens is 1. The minimum absolute atomic E-state index is 0.00746. The van der Waals surface area contributed by atoms with E-state index < -0.39 is 168 Å². The van der Waals surface area contributed by atoms with Crippen molar-refractivity contribution in [2.75, 3.05) is 13.6 Å². The monoisotopic (exact) mass is 1150 g/mol. The Bertz CT molecular complexity index is 2310. The topological polar surface area (TPSA) is 392 Å². The Morgan fingerprint density at radius 1 is 0.800 bits per heavy atom. The van der Waals surface area contributed by atoms with E-state index in [1.165, 1.54) is 34.7 Å². The van der Waals surface area contributed by atoms with Gasteiger partial charge in [-0.1, -0.05) is 78.3 Å². The molecule has 26 nitrogen and oxygen atoms in total. The van der Waals surface area contributed by atoms with Crippen molar-refractivity contribution in [2.45, 2.75) is 192 Å². The molecule has 448 valence electrons. The van der Waals surface area contributed by atoms with E-state index in [-0.39, 0.29) is 37.5 Å². The van der Waals surface area contributed by atoms with Gasteiger partial charge in [-0.15, -0.1) is 11.6 Å². The van der Waals surface area contributed by atoms with Crippen molar-refractivity contribution in [3.05, 3.63) is 35.9 Å². The third-order valence-electron chi connectivity index (χ3n) is 13.2. The Balaban J connectivity index is 2.82. The van der Waals surface area contributed by atoms with E-state index in [1.54, 1.807) is 65.0 Å². The number of carbonyl (C=O) groups excluding carboxylic acids is 12. The minimum atomic E-state index is -1.86. The van der Waals surface area contributed by atoms with Crippen LogP contribution < -0.4 is 53.6 Å². The zero-order chi connectivity index (χ0) is 60.7. The van der Waals surface area contributed by atoms with Crippen LogP contribution in [0.25, 0.3) is 0 Å². The molecule has 80 heavy (non-hydrogen) atoms. The summed E-state index contributed by atoms with van der Waals surface area (Å²) < 4.78 is 5.74. The van der Waals surface area contributed by atoms with Gasteiger partial charge >= 0.3 is 5.97 Å². The molecule has 1 heterocycles. The van der Waals surface area contributed by atoms with Crippen LogP contribution in [0.4, 0.5) is 0 Å². The molecule has 13 N–H and O–H groups in total. The maximum Gasteiger partial charge on any atom is 0.328 e. The second kappa shape index (κ2) is 33.6. The molecule has 1 aromatic rings. The third-order valence-corrected chi connectivity index (χ3v) is 13.6. The number of hydrogen-bond acceptors (Lipinski definition) is 15. The highest BCUT2D eigenvalue weighted by Crippen LogP contribution is 2.19. The number of hydrogen-bond donors (Lipinski definition) is 12. The molecule has 1 saturated heterocycles. The summed E-state index contributed by atoms with van der Waals surface area (Å²) in [5.74, 6) is -12.0. The van der Waals surface area contributed by atoms with Gasteiger partial charge in [0.2, 0.25) is 65.5 Å². The molecule has 2 rings (SSSR count). The normalized spacial score (nSPS) is 26.8. The molecule has 0 aliphatic carbocycles. The Kier molecular flexibility index (Phi) is 29.1. The molecule has 0 bridgehead atoms. The molecule has 27 heteroatoms. The number of rotatable bonds is 17. The van der Waals surface area contributed by atoms with Gasteiger partial charge in [-0.2, -0.15) is 0 Å². The number of nitrogens with two attached hydrogens (primary N) is 1. The maximum atomic E-state index is 14.4. The third kappa shape index (κ3) is 22.7. The number of benzene rings is 1. The lowest BCUT2D eigenvalue weighted by molar-refractivity contribution is -0.156. The number of aliphatic hydroxyl groups is 2. The Hall–Kier alpha value is -6.93. The number of nitrogens with zero attached hydrogens (tertiary/aromatic N) is 1. The second-order valence-corrected chi connectivity index (χ2v) is 21.8. The van der Waals surface area contributed by atoms with E-state index in [4.69, 9.17) is 22.1 Å². The predicted molar refractivity (Wildman–Crippen MR) is 292 cm³/mol. The fourth-order valence-electron chi connectivity index (χ4n) is 8.64. The molecule has 11 amide bonds. The first-order valence-electron chi connectivity index (χ1n) is 26.8. The van der Waals surface area contributed by atoms with Gasteiger partial charge in [-0.3, -0.25) is 52.7 Å². The van der Waals surface area contributed by atoms with Crippen LogP contribution in [-0.4, -0.2) is 178 Å². The fourth-order valence-corrected chi connectivity index (χ4v) is 8.78. The van der Waals surface area contributed by atoms with E-state index >= 15 is 0 Å². The van der Waals surface area contributed by atoms with Crippen molar-refractivity contribution in [1.82, 2.24) is 52.8 Å². The lowest BCUT2D eigenvalue weighted by Crippen LogP contribution is -2.63. The summed E-state index contributed by atoms with van der Waals surface area (Å²) in [4.78, 5) is 164. The van der Waals surface area contributed by atoms with Crippen LogP contribution in [0, 0.1) is 17.8 Å². The number of likely N-dealkylation sites (N-methyl/N-ethyl adjacent to an activating group) is 1. The molecule has 0 aromatic heterocycles. The molecule has 0 spiro atoms. The van der Waals surface area contributed by atoms with Gasteiger partial charge < -0.3 is 73.4 Å². The number of cyclic esters (lactones) is 1. The van der Waals surface area contributed by atoms with Gasteiger partial charge in [-0.05, 0) is 64.4 Å². The molecule has 1 aliphatic rings. The summed E-state index contributed by atoms with van der Waals surface area (Å²) in [7, 11) is 1.28. The average molecular weight is 1150 g/mol. The Labute approximate surface area is 472 Å². The highest BCUT2D eigenvalue weighted by molar-refractivity contribution is 6.20. The van der Waals surface area contributed by atoms with Crippen LogP contribution in [0.15, 0.2) is 30.3 Å². The van der Waals surface area contributed by atoms with Gasteiger partial charge in [0.15, 0.2) is 0 Å². The Morgan fingerprint density at radius 2 is 1.40 bits per heavy atom. The van der Waals surface area contributed by atoms with Gasteiger partial charge in [0.1, 0.15) is 54.4 Å². The molecule has 0 saturated carbocycles. The number of amides is 11. The molecule has 1 aliphatic heterocycles. The summed E-state index contributed by atoms with van der Waals surface area (Å²) in [6.07, 6.45) is -6.06. The first kappa shape index (κ1) is 69.2. The molecule has 1 aromatic carbocycles. The van der Waals surface area contributed by atoms with Crippen LogP contribution in [0.5, 0.6) is 0 Å². The van der Waals surface area contributed by atoms with Crippen LogP contribution in [0.3, 0.4) is 0 Å². The SMILES string of the molecule is CCC[C@H]1NC(=O)CNC(=O)[C@H](Cc2ccccc2)NC(=O)[C@@H]([C@@H](C)O)NC(=O)[C@@H](CC(N)=O)NC(=O)C(C(C)C(C)Cl)NC(=O)[C@@H](CC(C)C)N(C)C(=O)[C@@H](C)NC(=O)CC(O)C(NC(=O)[C@@H](CC(C)C)NC=O)C(C)OC1=O. The Morgan fingerprint density at radius 3 is 1.95 bits per heavy atom. The summed E-state index contributed by atoms with van der Waals surface area (Å²) in [5.41, 5.74) is 6.03. The number of carbonyl (C=O) groups is 12. The molecular weight excluding hydrogens is 1070 g/mol. The number of esters is 1. The molecular formula is C53H84ClN11O15. The predicted octanol–water partition coefficient (Wildman–Crippen LogP) is -2.19. The minimum Gasteiger partial charge on any atom is -0.459 e. The fraction of sp³-hybridized carbons (Fsp3) is 0.660. The van der Waals surface area contributed by atoms with E-state index in [1.807, 2.05) is 0 Å². The first-order chi connectivity index (χ1) is 37.4. The van der Waals surface area contributed by atoms with E-state index in [0.29, 0.717) is 18.4 Å². The van der Waals surface area contributed by atoms with Crippen molar-refractivity contribution >= 4 is 83.1 Å². The molecule has 14 atom stereocenters. The van der Waals surface area contributed by atoms with Crippen molar-refractivity contribution in [3.8, 4) is 0 Å². The van der Waals surface area contributed by atoms with E-state index in [9.17, 15) is 67.7 Å². The second-order valence-electron chi connectivity index (χ2n) is 21.2. The van der Waals surface area contributed by atoms with E-state index in [2.05, 4.69) is 47.9 Å². The summed E-state index contributed by atoms with van der Waals surface area (Å²) in [5, 5.41) is 43.9. The maximum absolute atomic E-state index is 14.4. The zero-order valence-electron chi connectivity index (χ0n) is 47.5. The lowest BCUT2D eigenvalue weighted by Gasteiger charge is -2.34. The molecule has 0 radical (unpaired) electrons. The average Bonchev–Trinajstić information content (AvgIpc) is 3.37. The van der Waals surface area contributed by atoms with Crippen molar-refractivity contribution in [1.29, 1.82) is 0 Å². The molecule has 6 unspecified atom stereocenters. The smallest absolute Gasteiger partial charge is 0.328 e. The van der Waals surface area contributed by atoms with E-state index in [0.717, 1.165) is 11.8 Å². The van der Waals surface area contributed by atoms with Gasteiger partial charge in [0, 0.05) is 24.8 Å². The lowest BCUT2D eigenvalue weighted by atomic mass is 9.95. The highest BCUT2D eigenvalue weighted by atomic mass is 35.5. The first-order valence-corrected chi connectivity index (χ1v) is 27.2. The largest absolute Gasteiger partial charge is 0.459 e. The van der Waals surface area contributed by atoms with Crippen molar-refractivity contribution in [3.63, 3.8) is 0 Å². The number of nitrogens with one attached hydrogen (secondary N) is 9. The quantitative estimate of drug-likeness (QED) is 0.0448. The van der Waals surface area contributed by atoms with Gasteiger partial charge in [0.05, 0.1) is 37.6 Å². The summed E-state index contributed by atoms with van der Waals surface area (Å²) >= 11 is 6.49. The number of aliphatic hydroxyl groups excluding tert-OH is 2. The summed E-state index contributed by atoms with van der Waals surface area (Å²) in [6, 6.07) is -5.21. The van der Waals surface area contributed by atoms with Crippen LogP contribution in [0.1, 0.15) is 113 Å². The zero-order valence-corrected chi connectivity index (χ0v) is 48.2. The van der Waals surface area contributed by atoms with Crippen LogP contribution in [-0.2, 0) is 68.7 Å².